The molecule has 2 aromatic heterocycles. The molecule has 1 N–H and O–H groups in total. The summed E-state index contributed by atoms with van der Waals surface area (Å²) in [5.74, 6) is -1.30. The number of aromatic nitrogens is 5. The highest BCUT2D eigenvalue weighted by atomic mass is 79.9. The predicted molar refractivity (Wildman–Crippen MR) is 116 cm³/mol. The van der Waals surface area contributed by atoms with Gasteiger partial charge in [-0.2, -0.15) is 0 Å². The van der Waals surface area contributed by atoms with E-state index in [0.717, 1.165) is 22.6 Å². The van der Waals surface area contributed by atoms with Crippen molar-refractivity contribution in [3.8, 4) is 0 Å². The number of rotatable bonds is 12. The summed E-state index contributed by atoms with van der Waals surface area (Å²) < 4.78 is 8.26. The van der Waals surface area contributed by atoms with E-state index >= 15 is 0 Å². The van der Waals surface area contributed by atoms with Gasteiger partial charge in [0.25, 0.3) is 0 Å². The van der Waals surface area contributed by atoms with Crippen LogP contribution >= 0.6 is 15.9 Å². The van der Waals surface area contributed by atoms with Gasteiger partial charge in [0.15, 0.2) is 5.82 Å². The second-order valence-corrected chi connectivity index (χ2v) is 14.9. The fourth-order valence-corrected chi connectivity index (χ4v) is 4.06. The highest BCUT2D eigenvalue weighted by molar-refractivity contribution is 9.10. The van der Waals surface area contributed by atoms with Gasteiger partial charge >= 0.3 is 5.97 Å². The third-order valence-corrected chi connectivity index (χ3v) is 6.89. The molecular formula is C19H30BrN5O3Si. The molecule has 0 saturated heterocycles. The molecule has 0 amide bonds. The van der Waals surface area contributed by atoms with Crippen LogP contribution in [-0.4, -0.2) is 50.9 Å². The van der Waals surface area contributed by atoms with Crippen LogP contribution in [0.5, 0.6) is 0 Å². The lowest BCUT2D eigenvalue weighted by molar-refractivity contribution is -0.143. The average molecular weight is 484 g/mol. The van der Waals surface area contributed by atoms with Gasteiger partial charge in [-0.1, -0.05) is 33.0 Å². The van der Waals surface area contributed by atoms with E-state index in [1.807, 2.05) is 19.1 Å². The van der Waals surface area contributed by atoms with Crippen LogP contribution in [0.25, 0.3) is 0 Å². The minimum atomic E-state index is -1.19. The molecule has 2 atom stereocenters. The molecule has 10 heteroatoms. The quantitative estimate of drug-likeness (QED) is 0.359. The first-order valence-electron chi connectivity index (χ1n) is 9.88. The normalized spacial score (nSPS) is 14.0. The molecule has 0 bridgehead atoms. The van der Waals surface area contributed by atoms with E-state index in [1.54, 1.807) is 10.9 Å². The minimum Gasteiger partial charge on any atom is -0.481 e. The zero-order chi connectivity index (χ0) is 21.4. The van der Waals surface area contributed by atoms with Crippen LogP contribution in [0.4, 0.5) is 0 Å². The van der Waals surface area contributed by atoms with Crippen molar-refractivity contribution in [3.63, 3.8) is 0 Å². The number of hydrogen-bond acceptors (Lipinski definition) is 6. The number of halogens is 1. The van der Waals surface area contributed by atoms with Gasteiger partial charge in [-0.15, -0.1) is 5.10 Å². The monoisotopic (exact) mass is 483 g/mol. The molecule has 0 aliphatic rings. The predicted octanol–water partition coefficient (Wildman–Crippen LogP) is 3.97. The molecule has 2 aromatic rings. The molecular weight excluding hydrogens is 454 g/mol. The Balaban J connectivity index is 2.23. The number of nitrogens with zero attached hydrogens (tertiary/aromatic N) is 5. The van der Waals surface area contributed by atoms with E-state index in [9.17, 15) is 9.90 Å². The first kappa shape index (κ1) is 23.6. The Kier molecular flexibility index (Phi) is 8.91. The van der Waals surface area contributed by atoms with Gasteiger partial charge in [0, 0.05) is 43.4 Å². The van der Waals surface area contributed by atoms with Crippen LogP contribution < -0.4 is 0 Å². The van der Waals surface area contributed by atoms with Gasteiger partial charge in [-0.25, -0.2) is 4.68 Å². The van der Waals surface area contributed by atoms with E-state index in [-0.39, 0.29) is 6.73 Å². The maximum Gasteiger partial charge on any atom is 0.307 e. The lowest BCUT2D eigenvalue weighted by Gasteiger charge is -2.23. The number of carboxylic acid groups (broad SMARTS) is 1. The van der Waals surface area contributed by atoms with Crippen LogP contribution in [0, 0.1) is 5.92 Å². The third kappa shape index (κ3) is 7.59. The smallest absolute Gasteiger partial charge is 0.307 e. The maximum atomic E-state index is 12.0. The summed E-state index contributed by atoms with van der Waals surface area (Å²) in [6, 6.07) is 4.84. The topological polar surface area (TPSA) is 103 Å². The van der Waals surface area contributed by atoms with Gasteiger partial charge in [0.05, 0.1) is 5.92 Å². The zero-order valence-electron chi connectivity index (χ0n) is 17.5. The molecule has 2 rings (SSSR count). The Morgan fingerprint density at radius 3 is 2.69 bits per heavy atom. The van der Waals surface area contributed by atoms with Crippen LogP contribution in [0.1, 0.15) is 37.2 Å². The Labute approximate surface area is 181 Å². The number of ether oxygens (including phenoxy) is 1. The molecule has 160 valence electrons. The summed E-state index contributed by atoms with van der Waals surface area (Å²) in [4.78, 5) is 16.4. The van der Waals surface area contributed by atoms with Crippen molar-refractivity contribution >= 4 is 30.0 Å². The Morgan fingerprint density at radius 2 is 2.10 bits per heavy atom. The van der Waals surface area contributed by atoms with Crippen molar-refractivity contribution in [2.45, 2.75) is 64.5 Å². The molecule has 0 aliphatic heterocycles. The molecule has 2 heterocycles. The summed E-state index contributed by atoms with van der Waals surface area (Å²) in [7, 11) is -1.19. The number of tetrazole rings is 1. The van der Waals surface area contributed by atoms with Gasteiger partial charge in [0.2, 0.25) is 0 Å². The van der Waals surface area contributed by atoms with Crippen molar-refractivity contribution in [3.05, 3.63) is 34.3 Å². The first-order chi connectivity index (χ1) is 13.7. The molecule has 29 heavy (non-hydrogen) atoms. The molecule has 0 saturated carbocycles. The molecule has 0 aliphatic carbocycles. The third-order valence-electron chi connectivity index (χ3n) is 4.72. The van der Waals surface area contributed by atoms with Crippen molar-refractivity contribution in [1.82, 2.24) is 25.2 Å². The SMILES string of the molecule is CCC[C@H](C(=O)O)[C@H](Cc1ccc(Br)cn1)c1nnnn1COCC[Si](C)(C)C. The lowest BCUT2D eigenvalue weighted by atomic mass is 9.84. The fraction of sp³-hybridized carbons (Fsp3) is 0.632. The van der Waals surface area contributed by atoms with Gasteiger partial charge < -0.3 is 9.84 Å². The van der Waals surface area contributed by atoms with E-state index < -0.39 is 25.9 Å². The Bertz CT molecular complexity index is 779. The molecule has 0 unspecified atom stereocenters. The second kappa shape index (κ2) is 10.9. The van der Waals surface area contributed by atoms with Crippen molar-refractivity contribution < 1.29 is 14.6 Å². The van der Waals surface area contributed by atoms with E-state index in [4.69, 9.17) is 4.74 Å². The van der Waals surface area contributed by atoms with Gasteiger partial charge in [0.1, 0.15) is 6.73 Å². The molecule has 0 spiro atoms. The van der Waals surface area contributed by atoms with Gasteiger partial charge in [-0.05, 0) is 51.0 Å². The highest BCUT2D eigenvalue weighted by Gasteiger charge is 2.33. The van der Waals surface area contributed by atoms with E-state index in [2.05, 4.69) is 56.1 Å². The average Bonchev–Trinajstić information content (AvgIpc) is 3.10. The van der Waals surface area contributed by atoms with E-state index in [1.165, 1.54) is 0 Å². The lowest BCUT2D eigenvalue weighted by Crippen LogP contribution is -2.27. The second-order valence-electron chi connectivity index (χ2n) is 8.40. The number of pyridine rings is 1. The Hall–Kier alpha value is -1.65. The minimum absolute atomic E-state index is 0.218. The number of hydrogen-bond donors (Lipinski definition) is 1. The summed E-state index contributed by atoms with van der Waals surface area (Å²) >= 11 is 3.38. The Morgan fingerprint density at radius 1 is 1.34 bits per heavy atom. The van der Waals surface area contributed by atoms with Crippen LogP contribution in [0.3, 0.4) is 0 Å². The number of carboxylic acids is 1. The fourth-order valence-electron chi connectivity index (χ4n) is 3.07. The summed E-state index contributed by atoms with van der Waals surface area (Å²) in [5, 5.41) is 21.9. The summed E-state index contributed by atoms with van der Waals surface area (Å²) in [5.41, 5.74) is 0.801. The molecule has 0 fully saturated rings. The zero-order valence-corrected chi connectivity index (χ0v) is 20.1. The molecule has 0 aromatic carbocycles. The van der Waals surface area contributed by atoms with Crippen LogP contribution in [0.2, 0.25) is 25.7 Å². The maximum absolute atomic E-state index is 12.0. The standard InChI is InChI=1S/C19H30BrN5O3Si/c1-5-6-16(19(26)27)17(11-15-8-7-14(20)12-21-15)18-22-23-24-25(18)13-28-9-10-29(2,3)4/h7-8,12,16-17H,5-6,9-11,13H2,1-4H3,(H,26,27)/t16-,17-/m0/s1. The largest absolute Gasteiger partial charge is 0.481 e. The highest BCUT2D eigenvalue weighted by Crippen LogP contribution is 2.30. The molecule has 0 radical (unpaired) electrons. The molecule has 8 nitrogen and oxygen atoms in total. The van der Waals surface area contributed by atoms with Crippen molar-refractivity contribution in [2.24, 2.45) is 5.92 Å². The summed E-state index contributed by atoms with van der Waals surface area (Å²) in [6.07, 6.45) is 3.46. The van der Waals surface area contributed by atoms with Crippen LogP contribution in [-0.2, 0) is 22.7 Å². The first-order valence-corrected chi connectivity index (χ1v) is 14.4. The number of aliphatic carboxylic acids is 1. The van der Waals surface area contributed by atoms with Gasteiger partial charge in [-0.3, -0.25) is 9.78 Å². The van der Waals surface area contributed by atoms with Crippen molar-refractivity contribution in [2.75, 3.05) is 6.61 Å². The summed E-state index contributed by atoms with van der Waals surface area (Å²) in [6.45, 7) is 9.72. The van der Waals surface area contributed by atoms with Crippen LogP contribution in [0.15, 0.2) is 22.8 Å². The van der Waals surface area contributed by atoms with E-state index in [0.29, 0.717) is 25.3 Å². The number of carbonyl (C=O) groups is 1. The van der Waals surface area contributed by atoms with Crippen molar-refractivity contribution in [1.29, 1.82) is 0 Å².